The summed E-state index contributed by atoms with van der Waals surface area (Å²) >= 11 is 6.06. The molecule has 0 radical (unpaired) electrons. The third-order valence-electron chi connectivity index (χ3n) is 6.31. The molecule has 1 unspecified atom stereocenters. The fraction of sp³-hybridized carbons (Fsp3) is 0.565. The first-order valence-corrected chi connectivity index (χ1v) is 11.4. The smallest absolute Gasteiger partial charge is 0.271 e. The van der Waals surface area contributed by atoms with Crippen LogP contribution in [-0.4, -0.2) is 46.0 Å². The second-order valence-corrected chi connectivity index (χ2v) is 8.77. The summed E-state index contributed by atoms with van der Waals surface area (Å²) in [4.78, 5) is 20.3. The minimum atomic E-state index is -0.0412. The predicted octanol–water partition coefficient (Wildman–Crippen LogP) is 4.53. The van der Waals surface area contributed by atoms with Gasteiger partial charge in [0.2, 0.25) is 0 Å². The molecule has 1 atom stereocenters. The number of nitrogens with one attached hydrogen (secondary N) is 1. The van der Waals surface area contributed by atoms with E-state index in [4.69, 9.17) is 16.6 Å². The van der Waals surface area contributed by atoms with Crippen LogP contribution in [0.15, 0.2) is 24.3 Å². The van der Waals surface area contributed by atoms with Gasteiger partial charge in [0.15, 0.2) is 0 Å². The summed E-state index contributed by atoms with van der Waals surface area (Å²) < 4.78 is 2.25. The first-order chi connectivity index (χ1) is 14.1. The van der Waals surface area contributed by atoms with Gasteiger partial charge in [-0.05, 0) is 69.8 Å². The maximum atomic E-state index is 13.0. The van der Waals surface area contributed by atoms with Crippen molar-refractivity contribution >= 4 is 17.5 Å². The molecule has 0 spiro atoms. The number of aromatic nitrogens is 2. The highest BCUT2D eigenvalue weighted by molar-refractivity contribution is 6.30. The van der Waals surface area contributed by atoms with E-state index in [0.717, 1.165) is 56.0 Å². The molecule has 1 aromatic heterocycles. The van der Waals surface area contributed by atoms with E-state index in [0.29, 0.717) is 23.3 Å². The van der Waals surface area contributed by atoms with Gasteiger partial charge in [-0.15, -0.1) is 0 Å². The van der Waals surface area contributed by atoms with Crippen LogP contribution in [0.3, 0.4) is 0 Å². The third-order valence-corrected chi connectivity index (χ3v) is 6.56. The van der Waals surface area contributed by atoms with Gasteiger partial charge in [-0.2, -0.15) is 0 Å². The molecule has 2 aliphatic rings. The van der Waals surface area contributed by atoms with Crippen molar-refractivity contribution in [3.63, 3.8) is 0 Å². The lowest BCUT2D eigenvalue weighted by atomic mass is 10.0. The van der Waals surface area contributed by atoms with Crippen molar-refractivity contribution in [1.29, 1.82) is 0 Å². The second-order valence-electron chi connectivity index (χ2n) is 8.34. The van der Waals surface area contributed by atoms with Crippen LogP contribution in [0.4, 0.5) is 0 Å². The molecule has 2 aromatic rings. The molecule has 5 nitrogen and oxygen atoms in total. The lowest BCUT2D eigenvalue weighted by Gasteiger charge is -2.33. The number of fused-ring (bicyclic) bond motifs is 1. The van der Waals surface area contributed by atoms with Crippen LogP contribution in [0.2, 0.25) is 5.02 Å². The van der Waals surface area contributed by atoms with Gasteiger partial charge < -0.3 is 9.88 Å². The summed E-state index contributed by atoms with van der Waals surface area (Å²) in [5.74, 6) is 0.842. The number of likely N-dealkylation sites (tertiary alicyclic amines) is 1. The van der Waals surface area contributed by atoms with Crippen molar-refractivity contribution in [3.05, 3.63) is 40.7 Å². The van der Waals surface area contributed by atoms with Crippen molar-refractivity contribution in [2.75, 3.05) is 19.6 Å². The zero-order valence-electron chi connectivity index (χ0n) is 17.3. The summed E-state index contributed by atoms with van der Waals surface area (Å²) in [7, 11) is 0. The number of benzene rings is 1. The van der Waals surface area contributed by atoms with Crippen LogP contribution in [0.5, 0.6) is 0 Å². The molecule has 6 heteroatoms. The van der Waals surface area contributed by atoms with E-state index < -0.39 is 0 Å². The number of halogens is 1. The number of rotatable bonds is 5. The molecule has 1 N–H and O–H groups in total. The number of hydrogen-bond acceptors (Lipinski definition) is 3. The van der Waals surface area contributed by atoms with E-state index in [1.54, 1.807) is 0 Å². The van der Waals surface area contributed by atoms with Crippen LogP contribution in [0, 0.1) is 0 Å². The molecular formula is C23H31ClN4O. The van der Waals surface area contributed by atoms with Gasteiger partial charge in [-0.3, -0.25) is 9.69 Å². The molecule has 1 saturated heterocycles. The number of nitrogens with zero attached hydrogens (tertiary/aromatic N) is 3. The zero-order valence-corrected chi connectivity index (χ0v) is 18.0. The number of carbonyl (C=O) groups is 1. The van der Waals surface area contributed by atoms with E-state index in [9.17, 15) is 4.79 Å². The predicted molar refractivity (Wildman–Crippen MR) is 117 cm³/mol. The molecule has 3 heterocycles. The maximum absolute atomic E-state index is 13.0. The Morgan fingerprint density at radius 2 is 1.93 bits per heavy atom. The molecule has 156 valence electrons. The van der Waals surface area contributed by atoms with Gasteiger partial charge in [-0.1, -0.05) is 24.4 Å². The normalized spacial score (nSPS) is 20.1. The molecule has 0 saturated carbocycles. The molecule has 1 aromatic carbocycles. The number of amides is 1. The van der Waals surface area contributed by atoms with Crippen molar-refractivity contribution in [2.45, 2.75) is 64.5 Å². The quantitative estimate of drug-likeness (QED) is 0.781. The number of carbonyl (C=O) groups excluding carboxylic acids is 1. The van der Waals surface area contributed by atoms with Crippen LogP contribution in [0.1, 0.15) is 61.6 Å². The molecule has 4 rings (SSSR count). The Kier molecular flexibility index (Phi) is 6.56. The Morgan fingerprint density at radius 3 is 2.72 bits per heavy atom. The van der Waals surface area contributed by atoms with Crippen LogP contribution in [0.25, 0.3) is 11.4 Å². The maximum Gasteiger partial charge on any atom is 0.271 e. The van der Waals surface area contributed by atoms with Gasteiger partial charge in [0.25, 0.3) is 5.91 Å². The van der Waals surface area contributed by atoms with Crippen molar-refractivity contribution in [2.24, 2.45) is 0 Å². The fourth-order valence-electron chi connectivity index (χ4n) is 4.61. The molecular weight excluding hydrogens is 384 g/mol. The molecule has 0 bridgehead atoms. The van der Waals surface area contributed by atoms with Crippen molar-refractivity contribution < 1.29 is 4.79 Å². The highest BCUT2D eigenvalue weighted by Crippen LogP contribution is 2.28. The standard InChI is InChI=1S/C23H31ClN4O/c1-17-7-4-6-14-27(17)16-13-25-23(29)21-20-8-3-2-5-15-28(20)22(26-21)18-9-11-19(24)12-10-18/h9-12,17H,2-8,13-16H2,1H3,(H,25,29). The van der Waals surface area contributed by atoms with Crippen molar-refractivity contribution in [3.8, 4) is 11.4 Å². The van der Waals surface area contributed by atoms with E-state index in [-0.39, 0.29) is 5.91 Å². The van der Waals surface area contributed by atoms with E-state index in [2.05, 4.69) is 21.7 Å². The van der Waals surface area contributed by atoms with E-state index in [1.165, 1.54) is 25.7 Å². The number of piperidine rings is 1. The molecule has 1 fully saturated rings. The number of imidazole rings is 1. The summed E-state index contributed by atoms with van der Waals surface area (Å²) in [5.41, 5.74) is 2.69. The minimum absolute atomic E-state index is 0.0412. The van der Waals surface area contributed by atoms with Gasteiger partial charge in [0.05, 0.1) is 5.69 Å². The summed E-state index contributed by atoms with van der Waals surface area (Å²) in [6, 6.07) is 8.36. The summed E-state index contributed by atoms with van der Waals surface area (Å²) in [5, 5.41) is 3.84. The van der Waals surface area contributed by atoms with Gasteiger partial charge >= 0.3 is 0 Å². The average molecular weight is 415 g/mol. The Balaban J connectivity index is 1.51. The Labute approximate surface area is 178 Å². The SMILES string of the molecule is CC1CCCCN1CCNC(=O)c1nc(-c2ccc(Cl)cc2)n2c1CCCCC2. The lowest BCUT2D eigenvalue weighted by Crippen LogP contribution is -2.42. The Hall–Kier alpha value is -1.85. The second kappa shape index (κ2) is 9.31. The molecule has 1 amide bonds. The van der Waals surface area contributed by atoms with Crippen LogP contribution in [-0.2, 0) is 13.0 Å². The summed E-state index contributed by atoms with van der Waals surface area (Å²) in [6.45, 7) is 5.92. The zero-order chi connectivity index (χ0) is 20.2. The van der Waals surface area contributed by atoms with Gasteiger partial charge in [0.1, 0.15) is 11.5 Å². The van der Waals surface area contributed by atoms with Crippen LogP contribution >= 0.6 is 11.6 Å². The summed E-state index contributed by atoms with van der Waals surface area (Å²) in [6.07, 6.45) is 8.17. The molecule has 29 heavy (non-hydrogen) atoms. The average Bonchev–Trinajstić information content (AvgIpc) is 2.91. The number of hydrogen-bond donors (Lipinski definition) is 1. The van der Waals surface area contributed by atoms with E-state index in [1.807, 2.05) is 24.3 Å². The van der Waals surface area contributed by atoms with E-state index >= 15 is 0 Å². The largest absolute Gasteiger partial charge is 0.349 e. The minimum Gasteiger partial charge on any atom is -0.349 e. The first kappa shape index (κ1) is 20.4. The highest BCUT2D eigenvalue weighted by atomic mass is 35.5. The van der Waals surface area contributed by atoms with Crippen molar-refractivity contribution in [1.82, 2.24) is 19.8 Å². The Morgan fingerprint density at radius 1 is 1.14 bits per heavy atom. The van der Waals surface area contributed by atoms with Gasteiger partial charge in [0, 0.05) is 36.3 Å². The third kappa shape index (κ3) is 4.67. The highest BCUT2D eigenvalue weighted by Gasteiger charge is 2.24. The fourth-order valence-corrected chi connectivity index (χ4v) is 4.73. The first-order valence-electron chi connectivity index (χ1n) is 11.0. The monoisotopic (exact) mass is 414 g/mol. The van der Waals surface area contributed by atoms with Crippen LogP contribution < -0.4 is 5.32 Å². The molecule has 2 aliphatic heterocycles. The topological polar surface area (TPSA) is 50.2 Å². The lowest BCUT2D eigenvalue weighted by molar-refractivity contribution is 0.0933. The Bertz CT molecular complexity index is 845. The molecule has 0 aliphatic carbocycles. The van der Waals surface area contributed by atoms with Gasteiger partial charge in [-0.25, -0.2) is 4.98 Å².